The van der Waals surface area contributed by atoms with Crippen LogP contribution in [0.1, 0.15) is 15.9 Å². The molecular weight excluding hydrogens is 340 g/mol. The highest BCUT2D eigenvalue weighted by atomic mass is 79.9. The highest BCUT2D eigenvalue weighted by Gasteiger charge is 2.14. The first-order valence-corrected chi connectivity index (χ1v) is 8.09. The Kier molecular flexibility index (Phi) is 6.16. The van der Waals surface area contributed by atoms with Crippen molar-refractivity contribution >= 4 is 21.8 Å². The van der Waals surface area contributed by atoms with Crippen LogP contribution in [-0.2, 0) is 6.42 Å². The molecule has 0 radical (unpaired) electrons. The van der Waals surface area contributed by atoms with Gasteiger partial charge in [0.25, 0.3) is 5.91 Å². The summed E-state index contributed by atoms with van der Waals surface area (Å²) in [7, 11) is 4.08. The summed E-state index contributed by atoms with van der Waals surface area (Å²) >= 11 is 3.39. The van der Waals surface area contributed by atoms with Crippen molar-refractivity contribution in [2.75, 3.05) is 20.6 Å². The molecule has 0 aliphatic carbocycles. The second-order valence-corrected chi connectivity index (χ2v) is 6.44. The van der Waals surface area contributed by atoms with E-state index < -0.39 is 0 Å². The van der Waals surface area contributed by atoms with Crippen LogP contribution in [0, 0.1) is 0 Å². The number of carbonyl (C=O) groups is 1. The highest BCUT2D eigenvalue weighted by Crippen LogP contribution is 2.12. The molecule has 0 saturated carbocycles. The first-order chi connectivity index (χ1) is 10.6. The van der Waals surface area contributed by atoms with Crippen molar-refractivity contribution < 1.29 is 4.79 Å². The zero-order valence-corrected chi connectivity index (χ0v) is 14.5. The second kappa shape index (κ2) is 8.11. The fourth-order valence-corrected chi connectivity index (χ4v) is 2.67. The summed E-state index contributed by atoms with van der Waals surface area (Å²) in [6.07, 6.45) is 0.909. The van der Waals surface area contributed by atoms with Crippen LogP contribution in [-0.4, -0.2) is 37.5 Å². The van der Waals surface area contributed by atoms with Gasteiger partial charge in [-0.05, 0) is 44.3 Å². The average Bonchev–Trinajstić information content (AvgIpc) is 2.51. The molecule has 0 spiro atoms. The van der Waals surface area contributed by atoms with Gasteiger partial charge in [-0.15, -0.1) is 0 Å². The third-order valence-electron chi connectivity index (χ3n) is 3.63. The Morgan fingerprint density at radius 1 is 1.14 bits per heavy atom. The summed E-state index contributed by atoms with van der Waals surface area (Å²) in [6, 6.07) is 18.0. The van der Waals surface area contributed by atoms with Gasteiger partial charge in [-0.3, -0.25) is 4.79 Å². The minimum atomic E-state index is -0.0405. The molecule has 2 rings (SSSR count). The topological polar surface area (TPSA) is 32.3 Å². The van der Waals surface area contributed by atoms with Crippen LogP contribution >= 0.6 is 15.9 Å². The van der Waals surface area contributed by atoms with Gasteiger partial charge in [0.05, 0.1) is 0 Å². The molecule has 0 bridgehead atoms. The van der Waals surface area contributed by atoms with Crippen LogP contribution in [0.15, 0.2) is 59.1 Å². The number of hydrogen-bond donors (Lipinski definition) is 1. The van der Waals surface area contributed by atoms with Gasteiger partial charge in [-0.25, -0.2) is 0 Å². The van der Waals surface area contributed by atoms with E-state index in [0.717, 1.165) is 10.9 Å². The van der Waals surface area contributed by atoms with E-state index in [1.807, 2.05) is 56.6 Å². The zero-order valence-electron chi connectivity index (χ0n) is 12.9. The van der Waals surface area contributed by atoms with E-state index in [1.165, 1.54) is 5.56 Å². The molecule has 2 aromatic rings. The van der Waals surface area contributed by atoms with Crippen LogP contribution in [0.25, 0.3) is 0 Å². The number of nitrogens with zero attached hydrogens (tertiary/aromatic N) is 1. The number of amides is 1. The molecule has 1 amide bonds. The molecule has 0 fully saturated rings. The molecule has 0 unspecified atom stereocenters. The minimum absolute atomic E-state index is 0.0405. The van der Waals surface area contributed by atoms with Crippen LogP contribution in [0.2, 0.25) is 0 Å². The van der Waals surface area contributed by atoms with Crippen LogP contribution < -0.4 is 5.32 Å². The van der Waals surface area contributed by atoms with Crippen molar-refractivity contribution in [1.29, 1.82) is 0 Å². The Labute approximate surface area is 140 Å². The molecule has 2 aromatic carbocycles. The maximum absolute atomic E-state index is 12.2. The largest absolute Gasteiger partial charge is 0.350 e. The van der Waals surface area contributed by atoms with E-state index in [9.17, 15) is 4.79 Å². The Bertz CT molecular complexity index is 613. The number of rotatable bonds is 6. The van der Waals surface area contributed by atoms with Crippen molar-refractivity contribution in [3.05, 3.63) is 70.2 Å². The van der Waals surface area contributed by atoms with E-state index in [4.69, 9.17) is 0 Å². The lowest BCUT2D eigenvalue weighted by atomic mass is 10.1. The first kappa shape index (κ1) is 16.7. The maximum atomic E-state index is 12.2. The third kappa shape index (κ3) is 4.97. The molecule has 1 N–H and O–H groups in total. The van der Waals surface area contributed by atoms with E-state index in [2.05, 4.69) is 38.3 Å². The van der Waals surface area contributed by atoms with Crippen molar-refractivity contribution in [1.82, 2.24) is 10.2 Å². The smallest absolute Gasteiger partial charge is 0.251 e. The molecule has 0 saturated heterocycles. The molecule has 4 heteroatoms. The normalized spacial score (nSPS) is 12.2. The zero-order chi connectivity index (χ0) is 15.9. The van der Waals surface area contributed by atoms with Gasteiger partial charge < -0.3 is 10.2 Å². The second-order valence-electron chi connectivity index (χ2n) is 5.53. The lowest BCUT2D eigenvalue weighted by molar-refractivity contribution is 0.0941. The van der Waals surface area contributed by atoms with Crippen LogP contribution in [0.5, 0.6) is 0 Å². The molecule has 0 heterocycles. The fraction of sp³-hybridized carbons (Fsp3) is 0.278. The Hall–Kier alpha value is -1.65. The SMILES string of the molecule is CN(C)[C@H](CNC(=O)c1cccc(Br)c1)Cc1ccccc1. The van der Waals surface area contributed by atoms with Crippen molar-refractivity contribution in [2.24, 2.45) is 0 Å². The monoisotopic (exact) mass is 360 g/mol. The lowest BCUT2D eigenvalue weighted by Gasteiger charge is -2.24. The number of benzene rings is 2. The molecule has 22 heavy (non-hydrogen) atoms. The number of hydrogen-bond acceptors (Lipinski definition) is 2. The first-order valence-electron chi connectivity index (χ1n) is 7.30. The van der Waals surface area contributed by atoms with Gasteiger partial charge in [0.1, 0.15) is 0 Å². The fourth-order valence-electron chi connectivity index (χ4n) is 2.27. The molecule has 0 aliphatic heterocycles. The lowest BCUT2D eigenvalue weighted by Crippen LogP contribution is -2.41. The van der Waals surface area contributed by atoms with Crippen LogP contribution in [0.4, 0.5) is 0 Å². The number of likely N-dealkylation sites (N-methyl/N-ethyl adjacent to an activating group) is 1. The van der Waals surface area contributed by atoms with Gasteiger partial charge in [-0.2, -0.15) is 0 Å². The van der Waals surface area contributed by atoms with Gasteiger partial charge in [0.2, 0.25) is 0 Å². The van der Waals surface area contributed by atoms with E-state index in [0.29, 0.717) is 12.1 Å². The predicted molar refractivity (Wildman–Crippen MR) is 94.1 cm³/mol. The number of carbonyl (C=O) groups excluding carboxylic acids is 1. The maximum Gasteiger partial charge on any atom is 0.251 e. The number of halogens is 1. The van der Waals surface area contributed by atoms with Gasteiger partial charge in [0.15, 0.2) is 0 Å². The van der Waals surface area contributed by atoms with Crippen molar-refractivity contribution in [3.8, 4) is 0 Å². The molecule has 3 nitrogen and oxygen atoms in total. The predicted octanol–water partition coefficient (Wildman–Crippen LogP) is 3.35. The standard InChI is InChI=1S/C18H21BrN2O/c1-21(2)17(11-14-7-4-3-5-8-14)13-20-18(22)15-9-6-10-16(19)12-15/h3-10,12,17H,11,13H2,1-2H3,(H,20,22)/t17-/m0/s1. The van der Waals surface area contributed by atoms with Crippen molar-refractivity contribution in [3.63, 3.8) is 0 Å². The summed E-state index contributed by atoms with van der Waals surface area (Å²) in [6.45, 7) is 0.618. The average molecular weight is 361 g/mol. The van der Waals surface area contributed by atoms with Crippen LogP contribution in [0.3, 0.4) is 0 Å². The molecule has 1 atom stereocenters. The van der Waals surface area contributed by atoms with E-state index in [1.54, 1.807) is 0 Å². The third-order valence-corrected chi connectivity index (χ3v) is 4.12. The number of nitrogens with one attached hydrogen (secondary N) is 1. The highest BCUT2D eigenvalue weighted by molar-refractivity contribution is 9.10. The van der Waals surface area contributed by atoms with E-state index >= 15 is 0 Å². The molecule has 0 aliphatic rings. The van der Waals surface area contributed by atoms with Gasteiger partial charge >= 0.3 is 0 Å². The van der Waals surface area contributed by atoms with Crippen molar-refractivity contribution in [2.45, 2.75) is 12.5 Å². The summed E-state index contributed by atoms with van der Waals surface area (Å²) in [4.78, 5) is 14.4. The quantitative estimate of drug-likeness (QED) is 0.856. The summed E-state index contributed by atoms with van der Waals surface area (Å²) in [5, 5.41) is 3.03. The Morgan fingerprint density at radius 3 is 2.50 bits per heavy atom. The van der Waals surface area contributed by atoms with Gasteiger partial charge in [0, 0.05) is 22.6 Å². The summed E-state index contributed by atoms with van der Waals surface area (Å²) < 4.78 is 0.911. The Morgan fingerprint density at radius 2 is 1.86 bits per heavy atom. The van der Waals surface area contributed by atoms with E-state index in [-0.39, 0.29) is 11.9 Å². The molecular formula is C18H21BrN2O. The molecule has 116 valence electrons. The minimum Gasteiger partial charge on any atom is -0.350 e. The molecule has 0 aromatic heterocycles. The summed E-state index contributed by atoms with van der Waals surface area (Å²) in [5.74, 6) is -0.0405. The van der Waals surface area contributed by atoms with Gasteiger partial charge in [-0.1, -0.05) is 52.3 Å². The Balaban J connectivity index is 1.96. The summed E-state index contributed by atoms with van der Waals surface area (Å²) in [5.41, 5.74) is 1.95.